The molecule has 1 fully saturated rings. The van der Waals surface area contributed by atoms with Crippen molar-refractivity contribution in [1.82, 2.24) is 4.90 Å². The van der Waals surface area contributed by atoms with Gasteiger partial charge in [-0.25, -0.2) is 4.39 Å². The molecule has 0 bridgehead atoms. The second kappa shape index (κ2) is 10.6. The lowest BCUT2D eigenvalue weighted by Gasteiger charge is -2.44. The van der Waals surface area contributed by atoms with Gasteiger partial charge in [-0.1, -0.05) is 36.4 Å². The number of aliphatic hydroxyl groups excluding tert-OH is 1. The molecular formula is C29H30FNO5. The number of piperidine rings is 1. The number of likely N-dealkylation sites (tertiary alicyclic amines) is 1. The van der Waals surface area contributed by atoms with Crippen LogP contribution in [0.25, 0.3) is 0 Å². The Morgan fingerprint density at radius 1 is 0.917 bits per heavy atom. The Morgan fingerprint density at radius 3 is 1.89 bits per heavy atom. The van der Waals surface area contributed by atoms with Crippen LogP contribution in [0.3, 0.4) is 0 Å². The van der Waals surface area contributed by atoms with E-state index in [2.05, 4.69) is 0 Å². The van der Waals surface area contributed by atoms with E-state index in [1.54, 1.807) is 50.2 Å². The summed E-state index contributed by atoms with van der Waals surface area (Å²) in [5.74, 6) is -3.22. The number of rotatable bonds is 7. The molecule has 4 rings (SSSR count). The van der Waals surface area contributed by atoms with Crippen LogP contribution < -0.4 is 0 Å². The quantitative estimate of drug-likeness (QED) is 0.426. The molecule has 0 amide bonds. The predicted octanol–water partition coefficient (Wildman–Crippen LogP) is 4.32. The van der Waals surface area contributed by atoms with Crippen molar-refractivity contribution in [3.63, 3.8) is 0 Å². The summed E-state index contributed by atoms with van der Waals surface area (Å²) in [5.41, 5.74) is 1.53. The lowest BCUT2D eigenvalue weighted by atomic mass is 9.67. The molecule has 3 aromatic carbocycles. The van der Waals surface area contributed by atoms with E-state index in [1.165, 1.54) is 30.3 Å². The van der Waals surface area contributed by atoms with Crippen LogP contribution in [0.15, 0.2) is 66.7 Å². The number of ketones is 2. The molecule has 3 aromatic rings. The van der Waals surface area contributed by atoms with Crippen molar-refractivity contribution in [3.05, 3.63) is 94.8 Å². The van der Waals surface area contributed by atoms with Crippen LogP contribution in [0, 0.1) is 24.6 Å². The number of Topliss-reactive ketones (excluding diaryl/α,β-unsaturated/α-hetero) is 2. The largest absolute Gasteiger partial charge is 0.508 e. The molecule has 4 atom stereocenters. The van der Waals surface area contributed by atoms with E-state index in [4.69, 9.17) is 0 Å². The summed E-state index contributed by atoms with van der Waals surface area (Å²) in [5, 5.41) is 30.1. The highest BCUT2D eigenvalue weighted by Gasteiger charge is 2.45. The molecule has 1 heterocycles. The molecule has 1 unspecified atom stereocenters. The van der Waals surface area contributed by atoms with Gasteiger partial charge >= 0.3 is 0 Å². The molecule has 36 heavy (non-hydrogen) atoms. The lowest BCUT2D eigenvalue weighted by molar-refractivity contribution is 0.0431. The van der Waals surface area contributed by atoms with Gasteiger partial charge in [0.25, 0.3) is 0 Å². The van der Waals surface area contributed by atoms with Crippen LogP contribution in [0.5, 0.6) is 11.5 Å². The van der Waals surface area contributed by atoms with Gasteiger partial charge in [-0.2, -0.15) is 0 Å². The van der Waals surface area contributed by atoms with E-state index in [0.29, 0.717) is 22.3 Å². The maximum absolute atomic E-state index is 14.7. The van der Waals surface area contributed by atoms with Crippen molar-refractivity contribution >= 4 is 11.6 Å². The molecule has 0 aromatic heterocycles. The molecule has 6 nitrogen and oxygen atoms in total. The summed E-state index contributed by atoms with van der Waals surface area (Å²) in [6.07, 6.45) is -0.689. The van der Waals surface area contributed by atoms with Gasteiger partial charge in [0.15, 0.2) is 11.6 Å². The Morgan fingerprint density at radius 2 is 1.42 bits per heavy atom. The number of carbonyl (C=O) groups excluding carboxylic acids is 2. The molecular weight excluding hydrogens is 461 g/mol. The van der Waals surface area contributed by atoms with Crippen molar-refractivity contribution < 1.29 is 29.3 Å². The molecule has 1 aliphatic rings. The Hall–Kier alpha value is -3.55. The van der Waals surface area contributed by atoms with Crippen molar-refractivity contribution in [2.75, 3.05) is 19.6 Å². The summed E-state index contributed by atoms with van der Waals surface area (Å²) in [4.78, 5) is 29.6. The first-order chi connectivity index (χ1) is 17.2. The first-order valence-electron chi connectivity index (χ1n) is 12.0. The second-order valence-electron chi connectivity index (χ2n) is 9.59. The number of aliphatic hydroxyl groups is 1. The minimum absolute atomic E-state index is 0.0524. The van der Waals surface area contributed by atoms with Crippen LogP contribution in [0.1, 0.15) is 44.7 Å². The Balaban J connectivity index is 1.87. The van der Waals surface area contributed by atoms with Gasteiger partial charge < -0.3 is 15.3 Å². The molecule has 188 valence electrons. The summed E-state index contributed by atoms with van der Waals surface area (Å²) in [6.45, 7) is 4.04. The first kappa shape index (κ1) is 25.5. The zero-order chi connectivity index (χ0) is 26.0. The number of nitrogens with zero attached hydrogens (tertiary/aromatic N) is 1. The van der Waals surface area contributed by atoms with Gasteiger partial charge in [0.1, 0.15) is 17.3 Å². The fraction of sp³-hybridized carbons (Fsp3) is 0.310. The van der Waals surface area contributed by atoms with E-state index in [9.17, 15) is 29.3 Å². The minimum Gasteiger partial charge on any atom is -0.508 e. The van der Waals surface area contributed by atoms with E-state index in [1.807, 2.05) is 4.90 Å². The first-order valence-corrected chi connectivity index (χ1v) is 12.0. The van der Waals surface area contributed by atoms with Crippen LogP contribution in [0.4, 0.5) is 4.39 Å². The average Bonchev–Trinajstić information content (AvgIpc) is 2.84. The number of phenols is 2. The summed E-state index contributed by atoms with van der Waals surface area (Å²) in [6, 6.07) is 16.8. The van der Waals surface area contributed by atoms with Crippen molar-refractivity contribution in [1.29, 1.82) is 0 Å². The van der Waals surface area contributed by atoms with Gasteiger partial charge in [0, 0.05) is 48.5 Å². The lowest BCUT2D eigenvalue weighted by Crippen LogP contribution is -2.52. The number of benzene rings is 3. The number of halogens is 1. The molecule has 1 aliphatic heterocycles. The molecule has 0 spiro atoms. The van der Waals surface area contributed by atoms with E-state index in [-0.39, 0.29) is 42.7 Å². The van der Waals surface area contributed by atoms with E-state index < -0.39 is 29.7 Å². The van der Waals surface area contributed by atoms with Crippen LogP contribution in [-0.2, 0) is 0 Å². The summed E-state index contributed by atoms with van der Waals surface area (Å²) in [7, 11) is 0. The number of aromatic hydroxyl groups is 2. The Labute approximate surface area is 209 Å². The maximum atomic E-state index is 14.7. The fourth-order valence-electron chi connectivity index (χ4n) is 5.32. The third-order valence-electron chi connectivity index (χ3n) is 6.90. The minimum atomic E-state index is -0.744. The number of hydrogen-bond donors (Lipinski definition) is 3. The summed E-state index contributed by atoms with van der Waals surface area (Å²) < 4.78 is 14.7. The maximum Gasteiger partial charge on any atom is 0.167 e. The van der Waals surface area contributed by atoms with Crippen LogP contribution in [-0.4, -0.2) is 57.5 Å². The number of hydrogen-bond acceptors (Lipinski definition) is 6. The highest BCUT2D eigenvalue weighted by Crippen LogP contribution is 2.42. The fourth-order valence-corrected chi connectivity index (χ4v) is 5.32. The Bertz CT molecular complexity index is 1210. The average molecular weight is 492 g/mol. The summed E-state index contributed by atoms with van der Waals surface area (Å²) >= 11 is 0. The zero-order valence-corrected chi connectivity index (χ0v) is 20.3. The van der Waals surface area contributed by atoms with E-state index in [0.717, 1.165) is 0 Å². The van der Waals surface area contributed by atoms with Crippen molar-refractivity contribution in [3.8, 4) is 11.5 Å². The number of phenolic OH excluding ortho intramolecular Hbond substituents is 2. The predicted molar refractivity (Wildman–Crippen MR) is 134 cm³/mol. The number of β-amino-alcohol motifs (C(OH)–C–C–N with tert-alkyl or cyclic N) is 1. The van der Waals surface area contributed by atoms with Crippen LogP contribution in [0.2, 0.25) is 0 Å². The molecule has 1 saturated heterocycles. The standard InChI is InChI=1S/C29H30FNO5/c1-17(32)14-31-15-24(28(35)19-6-3-8-21(33)12-19)27(23-10-5-11-26(30)18(23)2)25(16-31)29(36)20-7-4-9-22(34)13-20/h3-13,17,24-25,27,32-34H,14-16H2,1-2H3/t17-,24-,25+,27?/m1/s1. The molecule has 7 heteroatoms. The normalized spacial score (nSPS) is 21.2. The third-order valence-corrected chi connectivity index (χ3v) is 6.90. The molecule has 3 N–H and O–H groups in total. The van der Waals surface area contributed by atoms with Crippen molar-refractivity contribution in [2.24, 2.45) is 11.8 Å². The monoisotopic (exact) mass is 491 g/mol. The van der Waals surface area contributed by atoms with Gasteiger partial charge in [-0.3, -0.25) is 14.5 Å². The van der Waals surface area contributed by atoms with Crippen molar-refractivity contribution in [2.45, 2.75) is 25.9 Å². The zero-order valence-electron chi connectivity index (χ0n) is 20.3. The second-order valence-corrected chi connectivity index (χ2v) is 9.59. The van der Waals surface area contributed by atoms with Gasteiger partial charge in [-0.15, -0.1) is 0 Å². The van der Waals surface area contributed by atoms with Crippen LogP contribution >= 0.6 is 0 Å². The number of carbonyl (C=O) groups is 2. The topological polar surface area (TPSA) is 98.1 Å². The molecule has 0 aliphatic carbocycles. The molecule has 0 radical (unpaired) electrons. The Kier molecular flexibility index (Phi) is 7.52. The van der Waals surface area contributed by atoms with Gasteiger partial charge in [0.2, 0.25) is 0 Å². The SMILES string of the molecule is Cc1c(F)cccc1C1[C@@H](C(=O)c2cccc(O)c2)CN(C[C@@H](C)O)C[C@H]1C(=O)c1cccc(O)c1. The highest BCUT2D eigenvalue weighted by atomic mass is 19.1. The van der Waals surface area contributed by atoms with E-state index >= 15 is 0 Å². The molecule has 0 saturated carbocycles. The van der Waals surface area contributed by atoms with Gasteiger partial charge in [0.05, 0.1) is 6.10 Å². The third kappa shape index (κ3) is 5.32. The highest BCUT2D eigenvalue weighted by molar-refractivity contribution is 6.02. The smallest absolute Gasteiger partial charge is 0.167 e. The van der Waals surface area contributed by atoms with Gasteiger partial charge in [-0.05, 0) is 55.3 Å².